The number of halogens is 1. The number of piperidine rings is 2. The summed E-state index contributed by atoms with van der Waals surface area (Å²) in [5, 5.41) is 12.5. The van der Waals surface area contributed by atoms with Crippen molar-refractivity contribution in [2.45, 2.75) is 57.0 Å². The SMILES string of the molecule is Cc1cc(C2COc3cc(O)ccc3C2c2ccc(N3CCC(CN4CCN(c5ccc6c(c5)CN([C@H]5CCC(=O)NC5=O)C6=O)CC4)CC3)cc2)ccc1F. The van der Waals surface area contributed by atoms with Crippen molar-refractivity contribution in [1.29, 1.82) is 0 Å². The van der Waals surface area contributed by atoms with E-state index in [1.165, 1.54) is 11.3 Å². The van der Waals surface area contributed by atoms with E-state index < -0.39 is 6.04 Å². The number of ether oxygens (including phenoxy) is 1. The van der Waals surface area contributed by atoms with Crippen LogP contribution in [0.25, 0.3) is 0 Å². The van der Waals surface area contributed by atoms with Gasteiger partial charge in [0.25, 0.3) is 5.91 Å². The molecule has 3 amide bonds. The zero-order chi connectivity index (χ0) is 38.5. The maximum absolute atomic E-state index is 14.2. The van der Waals surface area contributed by atoms with Crippen LogP contribution in [0, 0.1) is 18.7 Å². The Balaban J connectivity index is 0.788. The summed E-state index contributed by atoms with van der Waals surface area (Å²) in [6, 6.07) is 25.1. The van der Waals surface area contributed by atoms with E-state index in [0.29, 0.717) is 42.4 Å². The predicted octanol–water partition coefficient (Wildman–Crippen LogP) is 5.95. The second-order valence-corrected chi connectivity index (χ2v) is 16.2. The van der Waals surface area contributed by atoms with E-state index in [0.717, 1.165) is 81.0 Å². The van der Waals surface area contributed by atoms with Gasteiger partial charge in [-0.1, -0.05) is 30.3 Å². The molecule has 0 aromatic heterocycles. The van der Waals surface area contributed by atoms with Crippen molar-refractivity contribution < 1.29 is 28.6 Å². The standard InChI is InChI=1S/C45H48FN5O5/c1-28-22-31(4-11-39(28)46)38-27-56-41-24-35(52)8-10-37(41)43(38)30-2-5-33(6-3-30)49-16-14-29(15-17-49)25-48-18-20-50(21-19-48)34-7-9-36-32(23-34)26-51(45(36)55)40-12-13-42(53)47-44(40)54/h2-11,22-24,29,38,40,43,52H,12-21,25-27H2,1H3,(H,47,53,54)/t38?,40-,43?/m0/s1. The van der Waals surface area contributed by atoms with Crippen LogP contribution in [0.3, 0.4) is 0 Å². The van der Waals surface area contributed by atoms with Crippen molar-refractivity contribution in [3.8, 4) is 11.5 Å². The number of phenolic OH excluding ortho intramolecular Hbond substituents is 1. The summed E-state index contributed by atoms with van der Waals surface area (Å²) in [5.74, 6) is 0.530. The number of piperazine rings is 1. The second kappa shape index (κ2) is 14.9. The zero-order valence-electron chi connectivity index (χ0n) is 31.8. The minimum absolute atomic E-state index is 0.00621. The molecule has 3 fully saturated rings. The zero-order valence-corrected chi connectivity index (χ0v) is 31.8. The summed E-state index contributed by atoms with van der Waals surface area (Å²) < 4.78 is 20.4. The van der Waals surface area contributed by atoms with Gasteiger partial charge in [-0.25, -0.2) is 4.39 Å². The molecular formula is C45H48FN5O5. The molecule has 4 aromatic carbocycles. The van der Waals surface area contributed by atoms with E-state index in [9.17, 15) is 23.9 Å². The lowest BCUT2D eigenvalue weighted by atomic mass is 9.75. The van der Waals surface area contributed by atoms with E-state index in [4.69, 9.17) is 4.74 Å². The highest BCUT2D eigenvalue weighted by Crippen LogP contribution is 2.47. The van der Waals surface area contributed by atoms with Crippen LogP contribution < -0.4 is 19.9 Å². The molecule has 5 aliphatic rings. The molecule has 5 aliphatic heterocycles. The number of aryl methyl sites for hydroxylation is 1. The molecule has 11 heteroatoms. The van der Waals surface area contributed by atoms with Gasteiger partial charge in [-0.2, -0.15) is 0 Å². The number of benzene rings is 4. The molecule has 2 N–H and O–H groups in total. The molecule has 56 heavy (non-hydrogen) atoms. The lowest BCUT2D eigenvalue weighted by molar-refractivity contribution is -0.136. The first-order valence-corrected chi connectivity index (χ1v) is 20.0. The van der Waals surface area contributed by atoms with Gasteiger partial charge < -0.3 is 24.5 Å². The number of fused-ring (bicyclic) bond motifs is 2. The van der Waals surface area contributed by atoms with Gasteiger partial charge in [0.15, 0.2) is 0 Å². The van der Waals surface area contributed by atoms with Crippen molar-refractivity contribution >= 4 is 29.1 Å². The van der Waals surface area contributed by atoms with Gasteiger partial charge in [0.05, 0.1) is 6.61 Å². The quantitative estimate of drug-likeness (QED) is 0.223. The summed E-state index contributed by atoms with van der Waals surface area (Å²) in [6.07, 6.45) is 2.91. The molecule has 0 spiro atoms. The van der Waals surface area contributed by atoms with Gasteiger partial charge in [-0.3, -0.25) is 24.6 Å². The van der Waals surface area contributed by atoms with Crippen LogP contribution in [-0.2, 0) is 16.1 Å². The molecule has 0 aliphatic carbocycles. The van der Waals surface area contributed by atoms with Crippen molar-refractivity contribution in [3.05, 3.63) is 118 Å². The molecule has 10 nitrogen and oxygen atoms in total. The maximum atomic E-state index is 14.2. The summed E-state index contributed by atoms with van der Waals surface area (Å²) in [7, 11) is 0. The fourth-order valence-electron chi connectivity index (χ4n) is 9.57. The summed E-state index contributed by atoms with van der Waals surface area (Å²) in [4.78, 5) is 46.3. The number of nitrogens with one attached hydrogen (secondary N) is 1. The van der Waals surface area contributed by atoms with Crippen LogP contribution in [-0.4, -0.2) is 91.1 Å². The Bertz CT molecular complexity index is 2160. The number of amides is 3. The minimum Gasteiger partial charge on any atom is -0.508 e. The normalized spacial score (nSPS) is 23.1. The number of aromatic hydroxyl groups is 1. The Morgan fingerprint density at radius 3 is 2.29 bits per heavy atom. The smallest absolute Gasteiger partial charge is 0.255 e. The van der Waals surface area contributed by atoms with Gasteiger partial charge in [0.2, 0.25) is 11.8 Å². The fraction of sp³-hybridized carbons (Fsp3) is 0.400. The van der Waals surface area contributed by atoms with Gasteiger partial charge in [0, 0.05) is 99.2 Å². The first-order valence-electron chi connectivity index (χ1n) is 20.0. The van der Waals surface area contributed by atoms with Gasteiger partial charge in [0.1, 0.15) is 23.4 Å². The number of anilines is 2. The van der Waals surface area contributed by atoms with Crippen LogP contribution in [0.1, 0.15) is 75.7 Å². The van der Waals surface area contributed by atoms with Crippen LogP contribution in [0.4, 0.5) is 15.8 Å². The lowest BCUT2D eigenvalue weighted by Gasteiger charge is -2.40. The number of rotatable bonds is 7. The summed E-state index contributed by atoms with van der Waals surface area (Å²) in [6.45, 7) is 9.61. The Labute approximate surface area is 326 Å². The highest BCUT2D eigenvalue weighted by molar-refractivity contribution is 6.05. The van der Waals surface area contributed by atoms with Crippen LogP contribution in [0.15, 0.2) is 78.9 Å². The highest BCUT2D eigenvalue weighted by atomic mass is 19.1. The third-order valence-electron chi connectivity index (χ3n) is 12.8. The van der Waals surface area contributed by atoms with E-state index in [-0.39, 0.29) is 47.5 Å². The molecule has 0 radical (unpaired) electrons. The Morgan fingerprint density at radius 2 is 1.54 bits per heavy atom. The van der Waals surface area contributed by atoms with Crippen molar-refractivity contribution in [2.24, 2.45) is 5.92 Å². The number of nitrogens with zero attached hydrogens (tertiary/aromatic N) is 4. The fourth-order valence-corrected chi connectivity index (χ4v) is 9.57. The average molecular weight is 758 g/mol. The van der Waals surface area contributed by atoms with E-state index in [2.05, 4.69) is 50.3 Å². The molecule has 9 rings (SSSR count). The summed E-state index contributed by atoms with van der Waals surface area (Å²) >= 11 is 0. The Morgan fingerprint density at radius 1 is 0.804 bits per heavy atom. The van der Waals surface area contributed by atoms with Gasteiger partial charge in [-0.05, 0) is 96.8 Å². The predicted molar refractivity (Wildman–Crippen MR) is 212 cm³/mol. The molecule has 4 aromatic rings. The topological polar surface area (TPSA) is 106 Å². The van der Waals surface area contributed by atoms with E-state index >= 15 is 0 Å². The highest BCUT2D eigenvalue weighted by Gasteiger charge is 2.39. The molecular weight excluding hydrogens is 710 g/mol. The largest absolute Gasteiger partial charge is 0.508 e. The number of carbonyl (C=O) groups is 3. The molecule has 3 atom stereocenters. The number of imide groups is 1. The van der Waals surface area contributed by atoms with Crippen molar-refractivity contribution in [1.82, 2.24) is 15.1 Å². The minimum atomic E-state index is -0.599. The lowest BCUT2D eigenvalue weighted by Crippen LogP contribution is -2.52. The molecule has 290 valence electrons. The molecule has 0 saturated carbocycles. The van der Waals surface area contributed by atoms with Gasteiger partial charge >= 0.3 is 0 Å². The van der Waals surface area contributed by atoms with Crippen LogP contribution >= 0.6 is 0 Å². The Hall–Kier alpha value is -5.42. The molecule has 2 unspecified atom stereocenters. The summed E-state index contributed by atoms with van der Waals surface area (Å²) in [5.41, 5.74) is 7.80. The maximum Gasteiger partial charge on any atom is 0.255 e. The second-order valence-electron chi connectivity index (χ2n) is 16.2. The van der Waals surface area contributed by atoms with Gasteiger partial charge in [-0.15, -0.1) is 0 Å². The first kappa shape index (κ1) is 36.2. The molecule has 3 saturated heterocycles. The van der Waals surface area contributed by atoms with E-state index in [1.54, 1.807) is 30.0 Å². The molecule has 0 bridgehead atoms. The Kier molecular flexibility index (Phi) is 9.65. The van der Waals surface area contributed by atoms with Crippen molar-refractivity contribution in [2.75, 3.05) is 62.2 Å². The molecule has 5 heterocycles. The number of phenols is 1. The third kappa shape index (κ3) is 6.97. The van der Waals surface area contributed by atoms with Crippen molar-refractivity contribution in [3.63, 3.8) is 0 Å². The monoisotopic (exact) mass is 757 g/mol. The van der Waals surface area contributed by atoms with Crippen LogP contribution in [0.5, 0.6) is 11.5 Å². The average Bonchev–Trinajstić information content (AvgIpc) is 3.54. The first-order chi connectivity index (χ1) is 27.2. The number of hydrogen-bond acceptors (Lipinski definition) is 8. The van der Waals surface area contributed by atoms with Crippen LogP contribution in [0.2, 0.25) is 0 Å². The van der Waals surface area contributed by atoms with E-state index in [1.807, 2.05) is 30.3 Å². The third-order valence-corrected chi connectivity index (χ3v) is 12.8. The number of carbonyl (C=O) groups excluding carboxylic acids is 3. The number of hydrogen-bond donors (Lipinski definition) is 2.